The number of sulfone groups is 1. The molecule has 6 heteroatoms. The maximum atomic E-state index is 12.2. The molecule has 0 spiro atoms. The number of hydrogen-bond acceptors (Lipinski definition) is 4. The maximum Gasteiger partial charge on any atom is 0.241 e. The van der Waals surface area contributed by atoms with Crippen LogP contribution < -0.4 is 5.32 Å². The van der Waals surface area contributed by atoms with Crippen molar-refractivity contribution in [2.75, 3.05) is 11.5 Å². The van der Waals surface area contributed by atoms with Crippen molar-refractivity contribution in [3.05, 3.63) is 0 Å². The quantitative estimate of drug-likeness (QED) is 0.790. The molecule has 0 aromatic carbocycles. The van der Waals surface area contributed by atoms with Gasteiger partial charge in [0.05, 0.1) is 23.7 Å². The Labute approximate surface area is 109 Å². The zero-order valence-electron chi connectivity index (χ0n) is 11.2. The molecular formula is C12H22N2O3S. The summed E-state index contributed by atoms with van der Waals surface area (Å²) in [5.41, 5.74) is 0. The third-order valence-electron chi connectivity index (χ3n) is 3.81. The van der Waals surface area contributed by atoms with Crippen LogP contribution in [0, 0.1) is 5.92 Å². The van der Waals surface area contributed by atoms with Gasteiger partial charge in [-0.3, -0.25) is 10.1 Å². The van der Waals surface area contributed by atoms with Gasteiger partial charge in [0, 0.05) is 6.04 Å². The van der Waals surface area contributed by atoms with Gasteiger partial charge in [-0.15, -0.1) is 0 Å². The van der Waals surface area contributed by atoms with Crippen LogP contribution in [-0.2, 0) is 14.6 Å². The molecular weight excluding hydrogens is 252 g/mol. The van der Waals surface area contributed by atoms with Gasteiger partial charge in [-0.05, 0) is 25.7 Å². The van der Waals surface area contributed by atoms with Crippen molar-refractivity contribution in [3.63, 3.8) is 0 Å². The fourth-order valence-corrected chi connectivity index (χ4v) is 4.59. The number of nitrogens with one attached hydrogen (secondary N) is 1. The van der Waals surface area contributed by atoms with Gasteiger partial charge in [-0.1, -0.05) is 13.8 Å². The van der Waals surface area contributed by atoms with Crippen LogP contribution in [0.1, 0.15) is 33.6 Å². The van der Waals surface area contributed by atoms with E-state index in [1.807, 2.05) is 20.8 Å². The van der Waals surface area contributed by atoms with Gasteiger partial charge in [0.25, 0.3) is 0 Å². The summed E-state index contributed by atoms with van der Waals surface area (Å²) in [7, 11) is -2.98. The van der Waals surface area contributed by atoms with Gasteiger partial charge in [-0.2, -0.15) is 0 Å². The normalized spacial score (nSPS) is 36.3. The fourth-order valence-electron chi connectivity index (χ4n) is 2.91. The molecule has 5 nitrogen and oxygen atoms in total. The third kappa shape index (κ3) is 2.54. The van der Waals surface area contributed by atoms with Crippen LogP contribution in [0.5, 0.6) is 0 Å². The minimum atomic E-state index is -2.98. The Morgan fingerprint density at radius 2 is 2.06 bits per heavy atom. The third-order valence-corrected chi connectivity index (χ3v) is 5.61. The Morgan fingerprint density at radius 1 is 1.39 bits per heavy atom. The summed E-state index contributed by atoms with van der Waals surface area (Å²) in [6, 6.07) is -0.358. The summed E-state index contributed by atoms with van der Waals surface area (Å²) in [4.78, 5) is 14.0. The first-order chi connectivity index (χ1) is 8.32. The highest BCUT2D eigenvalue weighted by molar-refractivity contribution is 7.91. The van der Waals surface area contributed by atoms with Gasteiger partial charge in [0.1, 0.15) is 0 Å². The smallest absolute Gasteiger partial charge is 0.241 e. The molecule has 104 valence electrons. The summed E-state index contributed by atoms with van der Waals surface area (Å²) >= 11 is 0. The average molecular weight is 274 g/mol. The summed E-state index contributed by atoms with van der Waals surface area (Å²) in [5, 5.41) is 3.26. The number of carbonyl (C=O) groups is 1. The summed E-state index contributed by atoms with van der Waals surface area (Å²) < 4.78 is 23.4. The van der Waals surface area contributed by atoms with E-state index in [-0.39, 0.29) is 41.6 Å². The lowest BCUT2D eigenvalue weighted by Crippen LogP contribution is -2.51. The Bertz CT molecular complexity index is 433. The molecule has 1 amide bonds. The SMILES string of the molecule is CC1NC(C(C)C)N(C2CCCS(=O)(=O)C2)C1=O. The van der Waals surface area contributed by atoms with Crippen LogP contribution in [0.2, 0.25) is 0 Å². The van der Waals surface area contributed by atoms with Crippen molar-refractivity contribution in [2.45, 2.75) is 51.9 Å². The highest BCUT2D eigenvalue weighted by Gasteiger charge is 2.43. The molecule has 2 heterocycles. The number of rotatable bonds is 2. The van der Waals surface area contributed by atoms with Gasteiger partial charge < -0.3 is 4.90 Å². The van der Waals surface area contributed by atoms with Crippen molar-refractivity contribution in [1.29, 1.82) is 0 Å². The van der Waals surface area contributed by atoms with Gasteiger partial charge in [-0.25, -0.2) is 8.42 Å². The Kier molecular flexibility index (Phi) is 3.69. The van der Waals surface area contributed by atoms with E-state index in [4.69, 9.17) is 0 Å². The molecule has 2 saturated heterocycles. The molecule has 0 aromatic rings. The van der Waals surface area contributed by atoms with Crippen molar-refractivity contribution < 1.29 is 13.2 Å². The van der Waals surface area contributed by atoms with Crippen molar-refractivity contribution in [3.8, 4) is 0 Å². The molecule has 0 radical (unpaired) electrons. The Hall–Kier alpha value is -0.620. The predicted molar refractivity (Wildman–Crippen MR) is 69.7 cm³/mol. The van der Waals surface area contributed by atoms with Crippen molar-refractivity contribution in [2.24, 2.45) is 5.92 Å². The zero-order valence-corrected chi connectivity index (χ0v) is 12.0. The molecule has 0 bridgehead atoms. The second kappa shape index (κ2) is 4.81. The minimum Gasteiger partial charge on any atom is -0.322 e. The zero-order chi connectivity index (χ0) is 13.5. The van der Waals surface area contributed by atoms with Crippen LogP contribution in [0.4, 0.5) is 0 Å². The lowest BCUT2D eigenvalue weighted by atomic mass is 10.1. The highest BCUT2D eigenvalue weighted by atomic mass is 32.2. The summed E-state index contributed by atoms with van der Waals surface area (Å²) in [6.45, 7) is 5.94. The molecule has 0 aromatic heterocycles. The molecule has 0 aliphatic carbocycles. The van der Waals surface area contributed by atoms with E-state index in [1.165, 1.54) is 0 Å². The topological polar surface area (TPSA) is 66.5 Å². The van der Waals surface area contributed by atoms with Crippen LogP contribution >= 0.6 is 0 Å². The monoisotopic (exact) mass is 274 g/mol. The van der Waals surface area contributed by atoms with Crippen LogP contribution in [0.25, 0.3) is 0 Å². The molecule has 2 aliphatic rings. The van der Waals surface area contributed by atoms with Crippen LogP contribution in [0.3, 0.4) is 0 Å². The second-order valence-corrected chi connectivity index (χ2v) is 7.96. The van der Waals surface area contributed by atoms with E-state index in [0.29, 0.717) is 6.42 Å². The number of amides is 1. The van der Waals surface area contributed by atoms with E-state index in [9.17, 15) is 13.2 Å². The van der Waals surface area contributed by atoms with Gasteiger partial charge in [0.15, 0.2) is 9.84 Å². The van der Waals surface area contributed by atoms with E-state index in [1.54, 1.807) is 4.90 Å². The largest absolute Gasteiger partial charge is 0.322 e. The van der Waals surface area contributed by atoms with Crippen molar-refractivity contribution in [1.82, 2.24) is 10.2 Å². The second-order valence-electron chi connectivity index (χ2n) is 5.73. The highest BCUT2D eigenvalue weighted by Crippen LogP contribution is 2.26. The van der Waals surface area contributed by atoms with Crippen molar-refractivity contribution >= 4 is 15.7 Å². The summed E-state index contributed by atoms with van der Waals surface area (Å²) in [6.07, 6.45) is 1.42. The standard InChI is InChI=1S/C12H22N2O3S/c1-8(2)11-13-9(3)12(15)14(11)10-5-4-6-18(16,17)7-10/h8-11,13H,4-7H2,1-3H3. The van der Waals surface area contributed by atoms with E-state index in [0.717, 1.165) is 6.42 Å². The maximum absolute atomic E-state index is 12.2. The van der Waals surface area contributed by atoms with Crippen LogP contribution in [0.15, 0.2) is 0 Å². The van der Waals surface area contributed by atoms with E-state index < -0.39 is 9.84 Å². The molecule has 2 aliphatic heterocycles. The molecule has 1 N–H and O–H groups in total. The van der Waals surface area contributed by atoms with E-state index >= 15 is 0 Å². The predicted octanol–water partition coefficient (Wildman–Crippen LogP) is 0.366. The Morgan fingerprint density at radius 3 is 2.61 bits per heavy atom. The van der Waals surface area contributed by atoms with Crippen LogP contribution in [-0.4, -0.2) is 49.0 Å². The number of nitrogens with zero attached hydrogens (tertiary/aromatic N) is 1. The number of hydrogen-bond donors (Lipinski definition) is 1. The molecule has 3 atom stereocenters. The lowest BCUT2D eigenvalue weighted by molar-refractivity contribution is -0.132. The van der Waals surface area contributed by atoms with Gasteiger partial charge in [0.2, 0.25) is 5.91 Å². The molecule has 18 heavy (non-hydrogen) atoms. The van der Waals surface area contributed by atoms with Gasteiger partial charge >= 0.3 is 0 Å². The first-order valence-electron chi connectivity index (χ1n) is 6.60. The average Bonchev–Trinajstić information content (AvgIpc) is 2.54. The molecule has 2 fully saturated rings. The molecule has 3 unspecified atom stereocenters. The molecule has 0 saturated carbocycles. The first-order valence-corrected chi connectivity index (χ1v) is 8.42. The fraction of sp³-hybridized carbons (Fsp3) is 0.917. The summed E-state index contributed by atoms with van der Waals surface area (Å²) in [5.74, 6) is 0.705. The van der Waals surface area contributed by atoms with E-state index in [2.05, 4.69) is 5.32 Å². The number of carbonyl (C=O) groups excluding carboxylic acids is 1. The lowest BCUT2D eigenvalue weighted by Gasteiger charge is -2.36. The first kappa shape index (κ1) is 13.8. The minimum absolute atomic E-state index is 0.0363. The molecule has 2 rings (SSSR count). The Balaban J connectivity index is 2.21.